The summed E-state index contributed by atoms with van der Waals surface area (Å²) in [6.45, 7) is 0.0941. The minimum Gasteiger partial charge on any atom is -0.395 e. The molecule has 0 saturated heterocycles. The fourth-order valence-corrected chi connectivity index (χ4v) is 2.33. The van der Waals surface area contributed by atoms with Gasteiger partial charge in [0.1, 0.15) is 4.83 Å². The van der Waals surface area contributed by atoms with Crippen LogP contribution < -0.4 is 0 Å². The predicted molar refractivity (Wildman–Crippen MR) is 63.2 cm³/mol. The van der Waals surface area contributed by atoms with E-state index in [2.05, 4.69) is 16.8 Å². The normalized spacial score (nSPS) is 10.0. The first-order chi connectivity index (χ1) is 7.31. The third-order valence-corrected chi connectivity index (χ3v) is 3.12. The van der Waals surface area contributed by atoms with E-state index in [0.29, 0.717) is 11.4 Å². The molecule has 0 aliphatic rings. The van der Waals surface area contributed by atoms with Gasteiger partial charge in [-0.15, -0.1) is 11.3 Å². The van der Waals surface area contributed by atoms with Gasteiger partial charge in [0, 0.05) is 18.0 Å². The van der Waals surface area contributed by atoms with E-state index in [9.17, 15) is 0 Å². The van der Waals surface area contributed by atoms with E-state index in [1.165, 1.54) is 11.3 Å². The average Bonchev–Trinajstić information content (AvgIpc) is 2.63. The lowest BCUT2D eigenvalue weighted by atomic mass is 10.3. The van der Waals surface area contributed by atoms with Gasteiger partial charge in [0.25, 0.3) is 0 Å². The van der Waals surface area contributed by atoms with Crippen molar-refractivity contribution >= 4 is 33.2 Å². The number of thiophene rings is 1. The topological polar surface area (TPSA) is 33.1 Å². The van der Waals surface area contributed by atoms with Crippen molar-refractivity contribution < 1.29 is 5.11 Å². The van der Waals surface area contributed by atoms with Crippen LogP contribution in [-0.4, -0.2) is 16.7 Å². The summed E-state index contributed by atoms with van der Waals surface area (Å²) < 4.78 is 0. The average molecular weight is 238 g/mol. The highest BCUT2D eigenvalue weighted by Gasteiger charge is 2.03. The Bertz CT molecular complexity index is 538. The Kier molecular flexibility index (Phi) is 3.22. The Labute approximate surface area is 96.5 Å². The number of nitrogens with zero attached hydrogens (tertiary/aromatic N) is 1. The molecule has 2 heterocycles. The molecular formula is C11H8ClNOS. The Morgan fingerprint density at radius 3 is 3.13 bits per heavy atom. The van der Waals surface area contributed by atoms with Crippen LogP contribution in [0.4, 0.5) is 0 Å². The summed E-state index contributed by atoms with van der Waals surface area (Å²) in [7, 11) is 0. The summed E-state index contributed by atoms with van der Waals surface area (Å²) in [6.07, 6.45) is 2.18. The number of aliphatic hydroxyl groups is 1. The summed E-state index contributed by atoms with van der Waals surface area (Å²) in [5, 5.41) is 10.2. The van der Waals surface area contributed by atoms with E-state index in [1.54, 1.807) is 12.3 Å². The fraction of sp³-hybridized carbons (Fsp3) is 0.182. The number of aromatic nitrogens is 1. The van der Waals surface area contributed by atoms with Crippen LogP contribution >= 0.6 is 22.9 Å². The molecule has 0 aromatic carbocycles. The molecule has 0 spiro atoms. The molecule has 0 radical (unpaired) electrons. The van der Waals surface area contributed by atoms with Crippen molar-refractivity contribution in [2.75, 3.05) is 6.61 Å². The van der Waals surface area contributed by atoms with Gasteiger partial charge in [-0.1, -0.05) is 23.4 Å². The SMILES string of the molecule is OCCC#Cc1cc2c(Cl)ccnc2s1. The first kappa shape index (κ1) is 10.4. The molecule has 76 valence electrons. The van der Waals surface area contributed by atoms with Crippen molar-refractivity contribution in [1.29, 1.82) is 0 Å². The molecule has 2 aromatic heterocycles. The van der Waals surface area contributed by atoms with Gasteiger partial charge in [0.05, 0.1) is 16.5 Å². The first-order valence-electron chi connectivity index (χ1n) is 4.45. The van der Waals surface area contributed by atoms with E-state index in [1.807, 2.05) is 6.07 Å². The van der Waals surface area contributed by atoms with E-state index < -0.39 is 0 Å². The van der Waals surface area contributed by atoms with Crippen LogP contribution in [0, 0.1) is 11.8 Å². The lowest BCUT2D eigenvalue weighted by Gasteiger charge is -1.88. The van der Waals surface area contributed by atoms with Crippen molar-refractivity contribution in [2.45, 2.75) is 6.42 Å². The Morgan fingerprint density at radius 1 is 1.53 bits per heavy atom. The molecule has 15 heavy (non-hydrogen) atoms. The second kappa shape index (κ2) is 4.63. The van der Waals surface area contributed by atoms with Crippen LogP contribution in [0.15, 0.2) is 18.3 Å². The van der Waals surface area contributed by atoms with Gasteiger partial charge in [-0.3, -0.25) is 0 Å². The number of pyridine rings is 1. The largest absolute Gasteiger partial charge is 0.395 e. The standard InChI is InChI=1S/C11H8ClNOS/c12-10-4-5-13-11-9(10)7-8(15-11)3-1-2-6-14/h4-5,7,14H,2,6H2. The van der Waals surface area contributed by atoms with Crippen LogP contribution in [0.3, 0.4) is 0 Å². The van der Waals surface area contributed by atoms with E-state index >= 15 is 0 Å². The highest BCUT2D eigenvalue weighted by molar-refractivity contribution is 7.19. The molecule has 0 saturated carbocycles. The number of rotatable bonds is 1. The molecule has 0 amide bonds. The number of aliphatic hydroxyl groups excluding tert-OH is 1. The van der Waals surface area contributed by atoms with Crippen LogP contribution in [0.1, 0.15) is 11.3 Å². The monoisotopic (exact) mass is 237 g/mol. The minimum atomic E-state index is 0.0941. The zero-order valence-corrected chi connectivity index (χ0v) is 9.40. The van der Waals surface area contributed by atoms with Crippen molar-refractivity contribution in [3.05, 3.63) is 28.2 Å². The van der Waals surface area contributed by atoms with Crippen LogP contribution in [0.5, 0.6) is 0 Å². The molecule has 0 aliphatic carbocycles. The number of fused-ring (bicyclic) bond motifs is 1. The Hall–Kier alpha value is -1.08. The molecule has 0 aliphatic heterocycles. The maximum absolute atomic E-state index is 8.60. The lowest BCUT2D eigenvalue weighted by molar-refractivity contribution is 0.305. The van der Waals surface area contributed by atoms with E-state index in [0.717, 1.165) is 15.1 Å². The minimum absolute atomic E-state index is 0.0941. The van der Waals surface area contributed by atoms with Crippen LogP contribution in [-0.2, 0) is 0 Å². The van der Waals surface area contributed by atoms with Gasteiger partial charge in [0.2, 0.25) is 0 Å². The molecule has 2 rings (SSSR count). The number of hydrogen-bond donors (Lipinski definition) is 1. The lowest BCUT2D eigenvalue weighted by Crippen LogP contribution is -1.75. The molecule has 0 atom stereocenters. The maximum Gasteiger partial charge on any atom is 0.125 e. The summed E-state index contributed by atoms with van der Waals surface area (Å²) in [5.74, 6) is 5.84. The number of halogens is 1. The van der Waals surface area contributed by atoms with Gasteiger partial charge in [-0.2, -0.15) is 0 Å². The molecule has 0 unspecified atom stereocenters. The molecule has 0 bridgehead atoms. The molecule has 1 N–H and O–H groups in total. The quantitative estimate of drug-likeness (QED) is 0.774. The zero-order chi connectivity index (χ0) is 10.7. The highest BCUT2D eigenvalue weighted by Crippen LogP contribution is 2.28. The van der Waals surface area contributed by atoms with Gasteiger partial charge >= 0.3 is 0 Å². The third kappa shape index (κ3) is 2.29. The van der Waals surface area contributed by atoms with Crippen molar-refractivity contribution in [2.24, 2.45) is 0 Å². The number of hydrogen-bond acceptors (Lipinski definition) is 3. The van der Waals surface area contributed by atoms with Crippen molar-refractivity contribution in [3.63, 3.8) is 0 Å². The van der Waals surface area contributed by atoms with E-state index in [4.69, 9.17) is 16.7 Å². The van der Waals surface area contributed by atoms with Gasteiger partial charge < -0.3 is 5.11 Å². The summed E-state index contributed by atoms with van der Waals surface area (Å²) in [6, 6.07) is 3.70. The van der Waals surface area contributed by atoms with E-state index in [-0.39, 0.29) is 6.61 Å². The summed E-state index contributed by atoms with van der Waals surface area (Å²) >= 11 is 7.52. The Morgan fingerprint density at radius 2 is 2.40 bits per heavy atom. The van der Waals surface area contributed by atoms with Crippen LogP contribution in [0.2, 0.25) is 5.02 Å². The third-order valence-electron chi connectivity index (χ3n) is 1.83. The predicted octanol–water partition coefficient (Wildman–Crippen LogP) is 2.68. The molecule has 2 nitrogen and oxygen atoms in total. The maximum atomic E-state index is 8.60. The van der Waals surface area contributed by atoms with Crippen molar-refractivity contribution in [1.82, 2.24) is 4.98 Å². The first-order valence-corrected chi connectivity index (χ1v) is 5.64. The second-order valence-corrected chi connectivity index (χ2v) is 4.34. The van der Waals surface area contributed by atoms with Gasteiger partial charge in [0.15, 0.2) is 0 Å². The van der Waals surface area contributed by atoms with Gasteiger partial charge in [-0.05, 0) is 12.1 Å². The molecule has 0 fully saturated rings. The molecule has 4 heteroatoms. The van der Waals surface area contributed by atoms with Gasteiger partial charge in [-0.25, -0.2) is 4.98 Å². The fourth-order valence-electron chi connectivity index (χ4n) is 1.18. The molecule has 2 aromatic rings. The smallest absolute Gasteiger partial charge is 0.125 e. The van der Waals surface area contributed by atoms with Crippen LogP contribution in [0.25, 0.3) is 10.2 Å². The second-order valence-electron chi connectivity index (χ2n) is 2.90. The summed E-state index contributed by atoms with van der Waals surface area (Å²) in [5.41, 5.74) is 0. The Balaban J connectivity index is 2.40. The highest BCUT2D eigenvalue weighted by atomic mass is 35.5. The van der Waals surface area contributed by atoms with Crippen molar-refractivity contribution in [3.8, 4) is 11.8 Å². The zero-order valence-electron chi connectivity index (χ0n) is 7.83. The summed E-state index contributed by atoms with van der Waals surface area (Å²) in [4.78, 5) is 6.04. The molecular weight excluding hydrogens is 230 g/mol.